The van der Waals surface area contributed by atoms with E-state index in [4.69, 9.17) is 4.74 Å². The zero-order valence-corrected chi connectivity index (χ0v) is 14.2. The molecule has 3 aliphatic rings. The molecule has 1 aliphatic carbocycles. The fraction of sp³-hybridized carbons (Fsp3) is 0.632. The van der Waals surface area contributed by atoms with Crippen LogP contribution < -0.4 is 0 Å². The average molecular weight is 332 g/mol. The Morgan fingerprint density at radius 1 is 1.21 bits per heavy atom. The molecule has 4 rings (SSSR count). The fourth-order valence-electron chi connectivity index (χ4n) is 4.34. The van der Waals surface area contributed by atoms with E-state index in [0.29, 0.717) is 17.5 Å². The summed E-state index contributed by atoms with van der Waals surface area (Å²) >= 11 is 0. The molecule has 2 aliphatic heterocycles. The normalized spacial score (nSPS) is 33.7. The molecule has 1 aromatic carbocycles. The first kappa shape index (κ1) is 16.0. The van der Waals surface area contributed by atoms with Crippen molar-refractivity contribution in [1.29, 1.82) is 0 Å². The lowest BCUT2D eigenvalue weighted by atomic mass is 10.0. The Balaban J connectivity index is 1.39. The summed E-state index contributed by atoms with van der Waals surface area (Å²) < 4.78 is 19.4. The number of amides is 1. The first-order valence-corrected chi connectivity index (χ1v) is 9.00. The van der Waals surface area contributed by atoms with Gasteiger partial charge in [0.25, 0.3) is 0 Å². The largest absolute Gasteiger partial charge is 0.379 e. The molecule has 0 spiro atoms. The van der Waals surface area contributed by atoms with Crippen LogP contribution in [0.5, 0.6) is 0 Å². The third kappa shape index (κ3) is 2.95. The van der Waals surface area contributed by atoms with Crippen LogP contribution in [0.4, 0.5) is 4.39 Å². The quantitative estimate of drug-likeness (QED) is 0.850. The average Bonchev–Trinajstić information content (AvgIpc) is 3.30. The van der Waals surface area contributed by atoms with Gasteiger partial charge in [0.15, 0.2) is 0 Å². The van der Waals surface area contributed by atoms with Gasteiger partial charge in [-0.15, -0.1) is 0 Å². The van der Waals surface area contributed by atoms with Crippen LogP contribution in [-0.2, 0) is 9.53 Å². The number of likely N-dealkylation sites (tertiary alicyclic amines) is 1. The molecule has 5 heteroatoms. The van der Waals surface area contributed by atoms with Crippen molar-refractivity contribution < 1.29 is 13.9 Å². The van der Waals surface area contributed by atoms with E-state index >= 15 is 0 Å². The summed E-state index contributed by atoms with van der Waals surface area (Å²) in [7, 11) is 0. The van der Waals surface area contributed by atoms with Gasteiger partial charge in [0.2, 0.25) is 5.91 Å². The Morgan fingerprint density at radius 2 is 1.96 bits per heavy atom. The molecular formula is C19H25FN2O2. The zero-order valence-electron chi connectivity index (χ0n) is 14.2. The summed E-state index contributed by atoms with van der Waals surface area (Å²) in [5, 5.41) is 0. The molecule has 24 heavy (non-hydrogen) atoms. The molecule has 0 bridgehead atoms. The van der Waals surface area contributed by atoms with E-state index < -0.39 is 0 Å². The molecule has 0 radical (unpaired) electrons. The highest BCUT2D eigenvalue weighted by molar-refractivity contribution is 5.83. The molecule has 1 aromatic rings. The summed E-state index contributed by atoms with van der Waals surface area (Å²) in [5.41, 5.74) is 0.702. The Kier molecular flexibility index (Phi) is 4.31. The van der Waals surface area contributed by atoms with Gasteiger partial charge >= 0.3 is 0 Å². The van der Waals surface area contributed by atoms with Crippen molar-refractivity contribution in [2.45, 2.75) is 25.3 Å². The minimum Gasteiger partial charge on any atom is -0.379 e. The molecule has 130 valence electrons. The molecule has 0 N–H and O–H groups in total. The summed E-state index contributed by atoms with van der Waals surface area (Å²) in [6, 6.07) is 7.29. The van der Waals surface area contributed by atoms with E-state index in [1.807, 2.05) is 17.0 Å². The number of benzene rings is 1. The first-order chi connectivity index (χ1) is 11.6. The van der Waals surface area contributed by atoms with Crippen molar-refractivity contribution in [2.75, 3.05) is 39.4 Å². The van der Waals surface area contributed by atoms with E-state index in [2.05, 4.69) is 11.8 Å². The highest BCUT2D eigenvalue weighted by atomic mass is 19.1. The highest BCUT2D eigenvalue weighted by Gasteiger charge is 2.49. The van der Waals surface area contributed by atoms with Gasteiger partial charge < -0.3 is 9.64 Å². The lowest BCUT2D eigenvalue weighted by Crippen LogP contribution is -2.47. The number of hydrogen-bond acceptors (Lipinski definition) is 3. The van der Waals surface area contributed by atoms with Crippen molar-refractivity contribution in [3.8, 4) is 0 Å². The summed E-state index contributed by atoms with van der Waals surface area (Å²) in [6.45, 7) is 7.34. The number of carbonyl (C=O) groups excluding carboxylic acids is 1. The topological polar surface area (TPSA) is 32.8 Å². The van der Waals surface area contributed by atoms with Gasteiger partial charge in [-0.25, -0.2) is 4.39 Å². The predicted octanol–water partition coefficient (Wildman–Crippen LogP) is 2.11. The van der Waals surface area contributed by atoms with Crippen LogP contribution in [0.2, 0.25) is 0 Å². The number of hydrogen-bond donors (Lipinski definition) is 0. The SMILES string of the molecule is C[C@@H]1CN(C(=O)[C@@H]2C[C@H]2c2ccccc2F)C[C@H]1N1CCOCC1. The smallest absolute Gasteiger partial charge is 0.226 e. The van der Waals surface area contributed by atoms with E-state index in [-0.39, 0.29) is 23.6 Å². The van der Waals surface area contributed by atoms with Gasteiger partial charge in [0, 0.05) is 38.1 Å². The molecule has 2 heterocycles. The van der Waals surface area contributed by atoms with E-state index in [0.717, 1.165) is 45.8 Å². The van der Waals surface area contributed by atoms with Crippen LogP contribution in [0.15, 0.2) is 24.3 Å². The Bertz CT molecular complexity index is 617. The second-order valence-electron chi connectivity index (χ2n) is 7.41. The Hall–Kier alpha value is -1.46. The lowest BCUT2D eigenvalue weighted by molar-refractivity contribution is -0.131. The summed E-state index contributed by atoms with van der Waals surface area (Å²) in [5.74, 6) is 0.552. The standard InChI is InChI=1S/C19H25FN2O2/c1-13-11-22(12-18(13)21-6-8-24-9-7-21)19(23)16-10-15(16)14-4-2-3-5-17(14)20/h2-5,13,15-16,18H,6-12H2,1H3/t13-,15+,16-,18-/m1/s1. The molecule has 3 fully saturated rings. The maximum Gasteiger partial charge on any atom is 0.226 e. The van der Waals surface area contributed by atoms with Crippen LogP contribution in [-0.4, -0.2) is 61.1 Å². The van der Waals surface area contributed by atoms with Crippen molar-refractivity contribution in [1.82, 2.24) is 9.80 Å². The van der Waals surface area contributed by atoms with Gasteiger partial charge in [0.1, 0.15) is 5.82 Å². The van der Waals surface area contributed by atoms with Crippen LogP contribution in [0.3, 0.4) is 0 Å². The number of nitrogens with zero attached hydrogens (tertiary/aromatic N) is 2. The zero-order chi connectivity index (χ0) is 16.7. The van der Waals surface area contributed by atoms with Crippen molar-refractivity contribution in [2.24, 2.45) is 11.8 Å². The molecule has 2 saturated heterocycles. The first-order valence-electron chi connectivity index (χ1n) is 9.00. The van der Waals surface area contributed by atoms with Crippen molar-refractivity contribution >= 4 is 5.91 Å². The van der Waals surface area contributed by atoms with Gasteiger partial charge in [-0.3, -0.25) is 9.69 Å². The van der Waals surface area contributed by atoms with Crippen LogP contribution in [0, 0.1) is 17.7 Å². The summed E-state index contributed by atoms with van der Waals surface area (Å²) in [4.78, 5) is 17.3. The number of rotatable bonds is 3. The third-order valence-corrected chi connectivity index (χ3v) is 5.81. The minimum atomic E-state index is -0.182. The number of carbonyl (C=O) groups is 1. The number of ether oxygens (including phenoxy) is 1. The molecule has 4 nitrogen and oxygen atoms in total. The predicted molar refractivity (Wildman–Crippen MR) is 89.2 cm³/mol. The van der Waals surface area contributed by atoms with E-state index in [1.54, 1.807) is 6.07 Å². The Labute approximate surface area is 142 Å². The lowest BCUT2D eigenvalue weighted by Gasteiger charge is -2.34. The van der Waals surface area contributed by atoms with Gasteiger partial charge in [-0.2, -0.15) is 0 Å². The van der Waals surface area contributed by atoms with Crippen LogP contribution >= 0.6 is 0 Å². The van der Waals surface area contributed by atoms with Gasteiger partial charge in [-0.1, -0.05) is 25.1 Å². The number of halogens is 1. The van der Waals surface area contributed by atoms with Gasteiger partial charge in [-0.05, 0) is 29.9 Å². The van der Waals surface area contributed by atoms with Gasteiger partial charge in [0.05, 0.1) is 13.2 Å². The summed E-state index contributed by atoms with van der Waals surface area (Å²) in [6.07, 6.45) is 0.785. The third-order valence-electron chi connectivity index (χ3n) is 5.81. The maximum absolute atomic E-state index is 13.9. The van der Waals surface area contributed by atoms with Crippen molar-refractivity contribution in [3.05, 3.63) is 35.6 Å². The fourth-order valence-corrected chi connectivity index (χ4v) is 4.34. The highest BCUT2D eigenvalue weighted by Crippen LogP contribution is 2.49. The molecule has 1 amide bonds. The van der Waals surface area contributed by atoms with Crippen LogP contribution in [0.1, 0.15) is 24.8 Å². The molecule has 0 unspecified atom stereocenters. The van der Waals surface area contributed by atoms with Crippen molar-refractivity contribution in [3.63, 3.8) is 0 Å². The maximum atomic E-state index is 13.9. The Morgan fingerprint density at radius 3 is 2.71 bits per heavy atom. The van der Waals surface area contributed by atoms with E-state index in [1.165, 1.54) is 6.07 Å². The molecule has 1 saturated carbocycles. The molecule has 0 aromatic heterocycles. The van der Waals surface area contributed by atoms with Crippen LogP contribution in [0.25, 0.3) is 0 Å². The number of morpholine rings is 1. The minimum absolute atomic E-state index is 0.0301. The van der Waals surface area contributed by atoms with E-state index in [9.17, 15) is 9.18 Å². The monoisotopic (exact) mass is 332 g/mol. The second-order valence-corrected chi connectivity index (χ2v) is 7.41. The second kappa shape index (κ2) is 6.45. The molecular weight excluding hydrogens is 307 g/mol. The molecule has 4 atom stereocenters.